The molecule has 8 heteroatoms. The summed E-state index contributed by atoms with van der Waals surface area (Å²) in [6.07, 6.45) is -0.895. The summed E-state index contributed by atoms with van der Waals surface area (Å²) in [6.45, 7) is 0.932. The fourth-order valence-corrected chi connectivity index (χ4v) is 2.20. The number of rotatable bonds is 6. The Labute approximate surface area is 113 Å². The first-order valence-corrected chi connectivity index (χ1v) is 6.39. The van der Waals surface area contributed by atoms with E-state index in [1.807, 2.05) is 0 Å². The van der Waals surface area contributed by atoms with E-state index in [9.17, 15) is 20.0 Å². The average Bonchev–Trinajstić information content (AvgIpc) is 2.34. The fraction of sp³-hybridized carbons (Fsp3) is 0.364. The van der Waals surface area contributed by atoms with Crippen LogP contribution in [0.5, 0.6) is 0 Å². The van der Waals surface area contributed by atoms with Crippen LogP contribution in [-0.4, -0.2) is 39.5 Å². The van der Waals surface area contributed by atoms with Crippen LogP contribution in [0.15, 0.2) is 23.1 Å². The Balaban J connectivity index is 2.92. The number of nitro benzene ring substituents is 1. The van der Waals surface area contributed by atoms with Crippen molar-refractivity contribution in [1.29, 1.82) is 0 Å². The maximum absolute atomic E-state index is 11.0. The van der Waals surface area contributed by atoms with Crippen molar-refractivity contribution in [3.05, 3.63) is 28.3 Å². The van der Waals surface area contributed by atoms with Gasteiger partial charge in [-0.05, 0) is 6.07 Å². The smallest absolute Gasteiger partial charge is 0.272 e. The van der Waals surface area contributed by atoms with E-state index in [2.05, 4.69) is 5.32 Å². The van der Waals surface area contributed by atoms with Crippen molar-refractivity contribution in [3.63, 3.8) is 0 Å². The van der Waals surface area contributed by atoms with Gasteiger partial charge in [-0.25, -0.2) is 0 Å². The highest BCUT2D eigenvalue weighted by Gasteiger charge is 2.12. The van der Waals surface area contributed by atoms with Crippen LogP contribution in [0, 0.1) is 10.1 Å². The predicted molar refractivity (Wildman–Crippen MR) is 71.2 cm³/mol. The zero-order valence-corrected chi connectivity index (χ0v) is 11.0. The van der Waals surface area contributed by atoms with Gasteiger partial charge in [-0.2, -0.15) is 0 Å². The van der Waals surface area contributed by atoms with Crippen molar-refractivity contribution in [1.82, 2.24) is 0 Å². The molecule has 0 aliphatic carbocycles. The second-order valence-corrected chi connectivity index (χ2v) is 4.89. The second-order valence-electron chi connectivity index (χ2n) is 3.80. The zero-order chi connectivity index (χ0) is 14.4. The second kappa shape index (κ2) is 7.07. The molecule has 1 aromatic carbocycles. The van der Waals surface area contributed by atoms with Crippen molar-refractivity contribution in [2.24, 2.45) is 0 Å². The molecule has 0 heterocycles. The number of hydrogen-bond donors (Lipinski definition) is 3. The Hall–Kier alpha value is -1.64. The lowest BCUT2D eigenvalue weighted by molar-refractivity contribution is -0.385. The standard InChI is InChI=1S/C11H14N2O5S/c1-7(15)12-8-2-9(13(17)18)4-11(3-8)19-6-10(16)5-14/h2-4,10,14,16H,5-6H2,1H3,(H,12,15)/t10-/m1/s1. The Morgan fingerprint density at radius 1 is 1.53 bits per heavy atom. The van der Waals surface area contributed by atoms with Crippen LogP contribution in [0.2, 0.25) is 0 Å². The number of non-ortho nitro benzene ring substituents is 1. The summed E-state index contributed by atoms with van der Waals surface area (Å²) in [5.74, 6) is -0.121. The Kier molecular flexibility index (Phi) is 5.74. The van der Waals surface area contributed by atoms with Crippen LogP contribution in [0.3, 0.4) is 0 Å². The van der Waals surface area contributed by atoms with Gasteiger partial charge in [-0.1, -0.05) is 0 Å². The predicted octanol–water partition coefficient (Wildman–Crippen LogP) is 0.998. The van der Waals surface area contributed by atoms with Gasteiger partial charge in [0.2, 0.25) is 5.91 Å². The zero-order valence-electron chi connectivity index (χ0n) is 10.2. The van der Waals surface area contributed by atoms with E-state index < -0.39 is 11.0 Å². The van der Waals surface area contributed by atoms with Gasteiger partial charge in [-0.3, -0.25) is 14.9 Å². The summed E-state index contributed by atoms with van der Waals surface area (Å²) in [4.78, 5) is 21.7. The lowest BCUT2D eigenvalue weighted by Crippen LogP contribution is -2.14. The van der Waals surface area contributed by atoms with Crippen molar-refractivity contribution >= 4 is 29.0 Å². The molecule has 0 fully saturated rings. The van der Waals surface area contributed by atoms with Crippen LogP contribution in [0.1, 0.15) is 6.92 Å². The summed E-state index contributed by atoms with van der Waals surface area (Å²) >= 11 is 1.16. The van der Waals surface area contributed by atoms with Crippen LogP contribution < -0.4 is 5.32 Å². The Bertz CT molecular complexity index is 480. The molecule has 1 amide bonds. The molecular weight excluding hydrogens is 272 g/mol. The maximum atomic E-state index is 11.0. The number of nitrogens with one attached hydrogen (secondary N) is 1. The number of carbonyl (C=O) groups is 1. The van der Waals surface area contributed by atoms with Crippen molar-refractivity contribution in [2.45, 2.75) is 17.9 Å². The molecular formula is C11H14N2O5S. The monoisotopic (exact) mass is 286 g/mol. The summed E-state index contributed by atoms with van der Waals surface area (Å²) in [6, 6.07) is 4.18. The third kappa shape index (κ3) is 5.25. The molecule has 0 spiro atoms. The van der Waals surface area contributed by atoms with Crippen molar-refractivity contribution in [3.8, 4) is 0 Å². The van der Waals surface area contributed by atoms with Crippen LogP contribution >= 0.6 is 11.8 Å². The minimum absolute atomic E-state index is 0.146. The van der Waals surface area contributed by atoms with E-state index in [0.717, 1.165) is 11.8 Å². The molecule has 3 N–H and O–H groups in total. The molecule has 0 bridgehead atoms. The number of anilines is 1. The van der Waals surface area contributed by atoms with Gasteiger partial charge in [0.25, 0.3) is 5.69 Å². The van der Waals surface area contributed by atoms with Gasteiger partial charge < -0.3 is 15.5 Å². The number of amides is 1. The molecule has 0 aromatic heterocycles. The number of thioether (sulfide) groups is 1. The summed E-state index contributed by atoms with van der Waals surface area (Å²) in [5, 5.41) is 31.2. The molecule has 7 nitrogen and oxygen atoms in total. The quantitative estimate of drug-likeness (QED) is 0.408. The fourth-order valence-electron chi connectivity index (χ4n) is 1.29. The van der Waals surface area contributed by atoms with E-state index in [0.29, 0.717) is 10.6 Å². The number of nitro groups is 1. The SMILES string of the molecule is CC(=O)Nc1cc(SC[C@H](O)CO)cc([N+](=O)[O-])c1. The first kappa shape index (κ1) is 15.4. The van der Waals surface area contributed by atoms with Gasteiger partial charge in [-0.15, -0.1) is 11.8 Å². The van der Waals surface area contributed by atoms with Gasteiger partial charge in [0.1, 0.15) is 0 Å². The summed E-state index contributed by atoms with van der Waals surface area (Å²) in [5.41, 5.74) is 0.176. The van der Waals surface area contributed by atoms with E-state index in [-0.39, 0.29) is 24.0 Å². The summed E-state index contributed by atoms with van der Waals surface area (Å²) < 4.78 is 0. The van der Waals surface area contributed by atoms with Gasteiger partial charge in [0.05, 0.1) is 17.6 Å². The molecule has 1 atom stereocenters. The molecule has 0 unspecified atom stereocenters. The van der Waals surface area contributed by atoms with Crippen molar-refractivity contribution in [2.75, 3.05) is 17.7 Å². The van der Waals surface area contributed by atoms with Crippen LogP contribution in [-0.2, 0) is 4.79 Å². The minimum atomic E-state index is -0.895. The lowest BCUT2D eigenvalue weighted by atomic mass is 10.3. The number of aliphatic hydroxyl groups is 2. The summed E-state index contributed by atoms with van der Waals surface area (Å²) in [7, 11) is 0. The maximum Gasteiger partial charge on any atom is 0.272 e. The molecule has 19 heavy (non-hydrogen) atoms. The highest BCUT2D eigenvalue weighted by Crippen LogP contribution is 2.28. The third-order valence-electron chi connectivity index (χ3n) is 2.08. The number of carbonyl (C=O) groups excluding carboxylic acids is 1. The lowest BCUT2D eigenvalue weighted by Gasteiger charge is -2.08. The van der Waals surface area contributed by atoms with Crippen LogP contribution in [0.4, 0.5) is 11.4 Å². The molecule has 0 aliphatic heterocycles. The number of nitrogens with zero attached hydrogens (tertiary/aromatic N) is 1. The number of hydrogen-bond acceptors (Lipinski definition) is 6. The molecule has 104 valence electrons. The first-order chi connectivity index (χ1) is 8.92. The third-order valence-corrected chi connectivity index (χ3v) is 3.20. The Morgan fingerprint density at radius 2 is 2.21 bits per heavy atom. The Morgan fingerprint density at radius 3 is 2.74 bits per heavy atom. The van der Waals surface area contributed by atoms with E-state index >= 15 is 0 Å². The molecule has 0 aliphatic rings. The van der Waals surface area contributed by atoms with Gasteiger partial charge in [0.15, 0.2) is 0 Å². The largest absolute Gasteiger partial charge is 0.394 e. The van der Waals surface area contributed by atoms with E-state index in [4.69, 9.17) is 5.11 Å². The minimum Gasteiger partial charge on any atom is -0.394 e. The number of aliphatic hydroxyl groups excluding tert-OH is 2. The molecule has 0 saturated heterocycles. The molecule has 1 rings (SSSR count). The van der Waals surface area contributed by atoms with Gasteiger partial charge >= 0.3 is 0 Å². The van der Waals surface area contributed by atoms with Crippen molar-refractivity contribution < 1.29 is 19.9 Å². The number of benzene rings is 1. The molecule has 0 saturated carbocycles. The van der Waals surface area contributed by atoms with E-state index in [1.165, 1.54) is 19.1 Å². The van der Waals surface area contributed by atoms with Gasteiger partial charge in [0, 0.05) is 35.4 Å². The molecule has 1 aromatic rings. The first-order valence-electron chi connectivity index (χ1n) is 5.41. The average molecular weight is 286 g/mol. The normalized spacial score (nSPS) is 11.9. The topological polar surface area (TPSA) is 113 Å². The van der Waals surface area contributed by atoms with Crippen LogP contribution in [0.25, 0.3) is 0 Å². The highest BCUT2D eigenvalue weighted by molar-refractivity contribution is 7.99. The van der Waals surface area contributed by atoms with E-state index in [1.54, 1.807) is 6.07 Å². The molecule has 0 radical (unpaired) electrons. The highest BCUT2D eigenvalue weighted by atomic mass is 32.2.